The second-order valence-corrected chi connectivity index (χ2v) is 4.79. The average molecular weight is 248 g/mol. The monoisotopic (exact) mass is 247 g/mol. The molecule has 0 N–H and O–H groups in total. The third-order valence-electron chi connectivity index (χ3n) is 3.13. The Morgan fingerprint density at radius 1 is 1.06 bits per heavy atom. The van der Waals surface area contributed by atoms with E-state index in [0.29, 0.717) is 5.15 Å². The maximum absolute atomic E-state index is 6.10. The van der Waals surface area contributed by atoms with Crippen molar-refractivity contribution in [3.05, 3.63) is 41.2 Å². The smallest absolute Gasteiger partial charge is 0.136 e. The van der Waals surface area contributed by atoms with Gasteiger partial charge in [-0.15, -0.1) is 0 Å². The zero-order chi connectivity index (χ0) is 12.1. The molecule has 0 atom stereocenters. The van der Waals surface area contributed by atoms with Gasteiger partial charge in [-0.05, 0) is 23.8 Å². The van der Waals surface area contributed by atoms with Gasteiger partial charge in [0.15, 0.2) is 0 Å². The molecule has 0 aliphatic rings. The highest BCUT2D eigenvalue weighted by Crippen LogP contribution is 2.25. The molecule has 0 aliphatic carbocycles. The largest absolute Gasteiger partial charge is 0.244 e. The van der Waals surface area contributed by atoms with Crippen molar-refractivity contribution in [2.24, 2.45) is 0 Å². The lowest BCUT2D eigenvalue weighted by molar-refractivity contribution is 0.667. The Morgan fingerprint density at radius 2 is 1.82 bits per heavy atom. The second kappa shape index (κ2) is 6.02. The van der Waals surface area contributed by atoms with E-state index < -0.39 is 0 Å². The fraction of sp³-hybridized carbons (Fsp3) is 0.400. The first-order valence-corrected chi connectivity index (χ1v) is 6.73. The van der Waals surface area contributed by atoms with E-state index in [-0.39, 0.29) is 0 Å². The molecule has 1 nitrogen and oxygen atoms in total. The highest BCUT2D eigenvalue weighted by molar-refractivity contribution is 6.34. The molecule has 2 rings (SSSR count). The molecule has 1 aromatic heterocycles. The van der Waals surface area contributed by atoms with Crippen molar-refractivity contribution in [1.29, 1.82) is 0 Å². The van der Waals surface area contributed by atoms with Gasteiger partial charge in [-0.25, -0.2) is 4.98 Å². The first kappa shape index (κ1) is 12.4. The van der Waals surface area contributed by atoms with Crippen LogP contribution in [0, 0.1) is 0 Å². The van der Waals surface area contributed by atoms with E-state index in [1.165, 1.54) is 36.6 Å². The van der Waals surface area contributed by atoms with Gasteiger partial charge in [0.2, 0.25) is 0 Å². The molecule has 0 amide bonds. The Labute approximate surface area is 108 Å². The Bertz CT molecular complexity index is 493. The second-order valence-electron chi connectivity index (χ2n) is 4.43. The van der Waals surface area contributed by atoms with E-state index in [4.69, 9.17) is 11.6 Å². The highest BCUT2D eigenvalue weighted by atomic mass is 35.5. The molecule has 1 aromatic carbocycles. The lowest BCUT2D eigenvalue weighted by Crippen LogP contribution is -1.91. The molecule has 0 fully saturated rings. The van der Waals surface area contributed by atoms with Crippen molar-refractivity contribution in [2.45, 2.75) is 39.0 Å². The summed E-state index contributed by atoms with van der Waals surface area (Å²) in [6, 6.07) is 8.25. The quantitative estimate of drug-likeness (QED) is 0.535. The van der Waals surface area contributed by atoms with Crippen LogP contribution in [0.25, 0.3) is 10.8 Å². The summed E-state index contributed by atoms with van der Waals surface area (Å²) >= 11 is 6.10. The molecule has 90 valence electrons. The van der Waals surface area contributed by atoms with Crippen molar-refractivity contribution >= 4 is 22.4 Å². The van der Waals surface area contributed by atoms with E-state index in [1.54, 1.807) is 0 Å². The summed E-state index contributed by atoms with van der Waals surface area (Å²) in [6.45, 7) is 2.24. The van der Waals surface area contributed by atoms with Gasteiger partial charge >= 0.3 is 0 Å². The number of pyridine rings is 1. The molecule has 0 bridgehead atoms. The van der Waals surface area contributed by atoms with E-state index in [9.17, 15) is 0 Å². The van der Waals surface area contributed by atoms with Gasteiger partial charge < -0.3 is 0 Å². The first-order chi connectivity index (χ1) is 8.33. The van der Waals surface area contributed by atoms with Crippen LogP contribution in [0.1, 0.15) is 38.2 Å². The minimum Gasteiger partial charge on any atom is -0.244 e. The van der Waals surface area contributed by atoms with Crippen molar-refractivity contribution in [3.8, 4) is 0 Å². The molecule has 0 spiro atoms. The van der Waals surface area contributed by atoms with Crippen molar-refractivity contribution < 1.29 is 0 Å². The summed E-state index contributed by atoms with van der Waals surface area (Å²) in [5.74, 6) is 0. The van der Waals surface area contributed by atoms with E-state index in [1.807, 2.05) is 18.3 Å². The van der Waals surface area contributed by atoms with Crippen LogP contribution in [0.4, 0.5) is 0 Å². The third-order valence-corrected chi connectivity index (χ3v) is 3.43. The Morgan fingerprint density at radius 3 is 2.59 bits per heavy atom. The maximum Gasteiger partial charge on any atom is 0.136 e. The van der Waals surface area contributed by atoms with Crippen LogP contribution in [0.3, 0.4) is 0 Å². The minimum absolute atomic E-state index is 0.609. The molecular weight excluding hydrogens is 230 g/mol. The van der Waals surface area contributed by atoms with Gasteiger partial charge in [0.25, 0.3) is 0 Å². The molecule has 0 saturated carbocycles. The van der Waals surface area contributed by atoms with Crippen LogP contribution >= 0.6 is 11.6 Å². The fourth-order valence-electron chi connectivity index (χ4n) is 2.16. The molecule has 0 saturated heterocycles. The van der Waals surface area contributed by atoms with E-state index in [2.05, 4.69) is 24.0 Å². The molecule has 17 heavy (non-hydrogen) atoms. The number of nitrogens with zero attached hydrogens (tertiary/aromatic N) is 1. The molecule has 2 heteroatoms. The minimum atomic E-state index is 0.609. The number of fused-ring (bicyclic) bond motifs is 1. The molecule has 1 heterocycles. The van der Waals surface area contributed by atoms with Crippen molar-refractivity contribution in [2.75, 3.05) is 0 Å². The van der Waals surface area contributed by atoms with Crippen LogP contribution < -0.4 is 0 Å². The summed E-state index contributed by atoms with van der Waals surface area (Å²) in [4.78, 5) is 4.27. The summed E-state index contributed by atoms with van der Waals surface area (Å²) in [7, 11) is 0. The number of benzene rings is 1. The number of aromatic nitrogens is 1. The lowest BCUT2D eigenvalue weighted by Gasteiger charge is -2.07. The van der Waals surface area contributed by atoms with Crippen LogP contribution in [-0.4, -0.2) is 4.98 Å². The maximum atomic E-state index is 6.10. The number of hydrogen-bond acceptors (Lipinski definition) is 1. The number of hydrogen-bond donors (Lipinski definition) is 0. The Hall–Kier alpha value is -1.08. The predicted molar refractivity (Wildman–Crippen MR) is 74.6 cm³/mol. The van der Waals surface area contributed by atoms with Gasteiger partial charge in [0.1, 0.15) is 5.15 Å². The van der Waals surface area contributed by atoms with Crippen LogP contribution in [0.15, 0.2) is 30.5 Å². The molecule has 0 aliphatic heterocycles. The normalized spacial score (nSPS) is 10.9. The van der Waals surface area contributed by atoms with Crippen LogP contribution in [0.2, 0.25) is 5.15 Å². The summed E-state index contributed by atoms with van der Waals surface area (Å²) in [5.41, 5.74) is 1.32. The first-order valence-electron chi connectivity index (χ1n) is 6.35. The standard InChI is InChI=1S/C15H18ClN/c1-2-3-4-5-8-12-11-17-15(16)14-10-7-6-9-13(12)14/h6-7,9-11H,2-5,8H2,1H3. The fourth-order valence-corrected chi connectivity index (χ4v) is 2.37. The van der Waals surface area contributed by atoms with Gasteiger partial charge in [0, 0.05) is 11.6 Å². The van der Waals surface area contributed by atoms with Crippen LogP contribution in [0.5, 0.6) is 0 Å². The lowest BCUT2D eigenvalue weighted by atomic mass is 10.0. The zero-order valence-electron chi connectivity index (χ0n) is 10.2. The van der Waals surface area contributed by atoms with Gasteiger partial charge in [-0.2, -0.15) is 0 Å². The van der Waals surface area contributed by atoms with Gasteiger partial charge in [-0.1, -0.05) is 62.1 Å². The Balaban J connectivity index is 2.20. The molecule has 0 unspecified atom stereocenters. The molecule has 2 aromatic rings. The highest BCUT2D eigenvalue weighted by Gasteiger charge is 2.04. The van der Waals surface area contributed by atoms with Gasteiger partial charge in [-0.3, -0.25) is 0 Å². The van der Waals surface area contributed by atoms with Gasteiger partial charge in [0.05, 0.1) is 0 Å². The number of aryl methyl sites for hydroxylation is 1. The molecule has 0 radical (unpaired) electrons. The Kier molecular flexibility index (Phi) is 4.38. The topological polar surface area (TPSA) is 12.9 Å². The predicted octanol–water partition coefficient (Wildman–Crippen LogP) is 5.01. The molecular formula is C15H18ClN. The van der Waals surface area contributed by atoms with Crippen molar-refractivity contribution in [1.82, 2.24) is 4.98 Å². The number of rotatable bonds is 5. The van der Waals surface area contributed by atoms with Crippen LogP contribution in [-0.2, 0) is 6.42 Å². The summed E-state index contributed by atoms with van der Waals surface area (Å²) < 4.78 is 0. The average Bonchev–Trinajstić information content (AvgIpc) is 2.37. The van der Waals surface area contributed by atoms with E-state index in [0.717, 1.165) is 11.8 Å². The van der Waals surface area contributed by atoms with E-state index >= 15 is 0 Å². The zero-order valence-corrected chi connectivity index (χ0v) is 11.0. The summed E-state index contributed by atoms with van der Waals surface area (Å²) in [5, 5.41) is 2.93. The SMILES string of the molecule is CCCCCCc1cnc(Cl)c2ccccc12. The number of unbranched alkanes of at least 4 members (excludes halogenated alkanes) is 3. The number of halogens is 1. The van der Waals surface area contributed by atoms with Crippen molar-refractivity contribution in [3.63, 3.8) is 0 Å². The summed E-state index contributed by atoms with van der Waals surface area (Å²) in [6.07, 6.45) is 8.16. The third kappa shape index (κ3) is 2.98.